The molecule has 0 saturated carbocycles. The van der Waals surface area contributed by atoms with E-state index in [1.807, 2.05) is 24.3 Å². The Kier molecular flexibility index (Phi) is 5.51. The largest absolute Gasteiger partial charge is 0.435 e. The number of nitrogens with one attached hydrogen (secondary N) is 1. The van der Waals surface area contributed by atoms with Gasteiger partial charge in [-0.15, -0.1) is 0 Å². The lowest BCUT2D eigenvalue weighted by Crippen LogP contribution is -2.28. The smallest absolute Gasteiger partial charge is 0.387 e. The number of amides is 2. The number of nitrogens with zero attached hydrogens (tertiary/aromatic N) is 1. The molecule has 26 heavy (non-hydrogen) atoms. The Morgan fingerprint density at radius 3 is 2.54 bits per heavy atom. The minimum absolute atomic E-state index is 0.00847. The Labute approximate surface area is 157 Å². The standard InChI is InChI=1S/C18H15BrF2N2O3/c19-14-3-1-2-4-15(14)23-10-11(9-16(23)24)17(25)22-12-5-7-13(8-6-12)26-18(20)21/h1-8,11,18H,9-10H2,(H,22,25). The van der Waals surface area contributed by atoms with Crippen LogP contribution in [0, 0.1) is 5.92 Å². The molecule has 1 fully saturated rings. The summed E-state index contributed by atoms with van der Waals surface area (Å²) in [5.41, 5.74) is 1.17. The molecule has 0 spiro atoms. The van der Waals surface area contributed by atoms with Gasteiger partial charge in [0.25, 0.3) is 0 Å². The van der Waals surface area contributed by atoms with Gasteiger partial charge in [0.2, 0.25) is 11.8 Å². The summed E-state index contributed by atoms with van der Waals surface area (Å²) < 4.78 is 29.3. The van der Waals surface area contributed by atoms with Crippen molar-refractivity contribution in [3.63, 3.8) is 0 Å². The molecule has 1 unspecified atom stereocenters. The highest BCUT2D eigenvalue weighted by atomic mass is 79.9. The molecule has 0 aliphatic carbocycles. The third-order valence-corrected chi connectivity index (χ3v) is 4.66. The molecule has 2 amide bonds. The number of anilines is 2. The van der Waals surface area contributed by atoms with Gasteiger partial charge in [0, 0.05) is 23.1 Å². The van der Waals surface area contributed by atoms with Crippen LogP contribution in [-0.2, 0) is 9.59 Å². The fourth-order valence-corrected chi connectivity index (χ4v) is 3.25. The van der Waals surface area contributed by atoms with Crippen LogP contribution in [-0.4, -0.2) is 25.0 Å². The lowest BCUT2D eigenvalue weighted by atomic mass is 10.1. The second-order valence-corrected chi connectivity index (χ2v) is 6.60. The monoisotopic (exact) mass is 424 g/mol. The van der Waals surface area contributed by atoms with Crippen molar-refractivity contribution in [2.24, 2.45) is 5.92 Å². The second-order valence-electron chi connectivity index (χ2n) is 5.75. The second kappa shape index (κ2) is 7.82. The Bertz CT molecular complexity index is 814. The van der Waals surface area contributed by atoms with Crippen LogP contribution in [0.25, 0.3) is 0 Å². The molecular formula is C18H15BrF2N2O3. The first kappa shape index (κ1) is 18.3. The number of carbonyl (C=O) groups is 2. The molecule has 1 saturated heterocycles. The molecule has 5 nitrogen and oxygen atoms in total. The normalized spacial score (nSPS) is 16.8. The van der Waals surface area contributed by atoms with E-state index in [-0.39, 0.29) is 30.5 Å². The Morgan fingerprint density at radius 1 is 1.19 bits per heavy atom. The van der Waals surface area contributed by atoms with Crippen LogP contribution in [0.1, 0.15) is 6.42 Å². The van der Waals surface area contributed by atoms with Crippen LogP contribution < -0.4 is 15.0 Å². The molecule has 1 N–H and O–H groups in total. The van der Waals surface area contributed by atoms with Crippen molar-refractivity contribution < 1.29 is 23.1 Å². The van der Waals surface area contributed by atoms with Crippen LogP contribution in [0.4, 0.5) is 20.2 Å². The number of hydrogen-bond donors (Lipinski definition) is 1. The first-order chi connectivity index (χ1) is 12.4. The molecule has 1 aliphatic rings. The van der Waals surface area contributed by atoms with Crippen LogP contribution >= 0.6 is 15.9 Å². The molecule has 2 aromatic carbocycles. The number of rotatable bonds is 5. The average molecular weight is 425 g/mol. The molecule has 136 valence electrons. The topological polar surface area (TPSA) is 58.6 Å². The Hall–Kier alpha value is -2.48. The lowest BCUT2D eigenvalue weighted by molar-refractivity contribution is -0.122. The van der Waals surface area contributed by atoms with E-state index in [9.17, 15) is 18.4 Å². The number of hydrogen-bond acceptors (Lipinski definition) is 3. The summed E-state index contributed by atoms with van der Waals surface area (Å²) in [4.78, 5) is 26.3. The number of para-hydroxylation sites is 1. The van der Waals surface area contributed by atoms with E-state index in [4.69, 9.17) is 0 Å². The van der Waals surface area contributed by atoms with Gasteiger partial charge in [-0.05, 0) is 52.3 Å². The summed E-state index contributed by atoms with van der Waals surface area (Å²) in [5, 5.41) is 2.70. The van der Waals surface area contributed by atoms with E-state index in [0.29, 0.717) is 5.69 Å². The van der Waals surface area contributed by atoms with Gasteiger partial charge in [-0.2, -0.15) is 8.78 Å². The zero-order chi connectivity index (χ0) is 18.7. The molecule has 8 heteroatoms. The molecule has 0 radical (unpaired) electrons. The predicted molar refractivity (Wildman–Crippen MR) is 96.3 cm³/mol. The molecule has 1 atom stereocenters. The van der Waals surface area contributed by atoms with E-state index in [2.05, 4.69) is 26.0 Å². The van der Waals surface area contributed by atoms with Gasteiger partial charge in [-0.25, -0.2) is 0 Å². The summed E-state index contributed by atoms with van der Waals surface area (Å²) in [6, 6.07) is 12.9. The molecule has 1 aliphatic heterocycles. The first-order valence-electron chi connectivity index (χ1n) is 7.84. The maximum Gasteiger partial charge on any atom is 0.387 e. The maximum absolute atomic E-state index is 12.4. The number of halogens is 3. The highest BCUT2D eigenvalue weighted by Gasteiger charge is 2.35. The quantitative estimate of drug-likeness (QED) is 0.787. The van der Waals surface area contributed by atoms with E-state index in [1.54, 1.807) is 4.90 Å². The van der Waals surface area contributed by atoms with Gasteiger partial charge in [0.15, 0.2) is 0 Å². The minimum atomic E-state index is -2.90. The zero-order valence-electron chi connectivity index (χ0n) is 13.5. The van der Waals surface area contributed by atoms with Crippen molar-refractivity contribution >= 4 is 39.1 Å². The molecule has 2 aromatic rings. The number of carbonyl (C=O) groups excluding carboxylic acids is 2. The van der Waals surface area contributed by atoms with Gasteiger partial charge in [-0.1, -0.05) is 12.1 Å². The average Bonchev–Trinajstić information content (AvgIpc) is 2.98. The lowest BCUT2D eigenvalue weighted by Gasteiger charge is -2.18. The molecule has 3 rings (SSSR count). The SMILES string of the molecule is O=C(Nc1ccc(OC(F)F)cc1)C1CC(=O)N(c2ccccc2Br)C1. The van der Waals surface area contributed by atoms with E-state index < -0.39 is 12.5 Å². The predicted octanol–water partition coefficient (Wildman–Crippen LogP) is 4.04. The molecule has 1 heterocycles. The third kappa shape index (κ3) is 4.19. The van der Waals surface area contributed by atoms with Crippen LogP contribution in [0.15, 0.2) is 53.0 Å². The van der Waals surface area contributed by atoms with Gasteiger partial charge in [0.1, 0.15) is 5.75 Å². The third-order valence-electron chi connectivity index (χ3n) is 3.99. The summed E-state index contributed by atoms with van der Waals surface area (Å²) in [5.74, 6) is -0.908. The first-order valence-corrected chi connectivity index (χ1v) is 8.64. The number of ether oxygens (including phenoxy) is 1. The van der Waals surface area contributed by atoms with Gasteiger partial charge >= 0.3 is 6.61 Å². The minimum Gasteiger partial charge on any atom is -0.435 e. The summed E-state index contributed by atoms with van der Waals surface area (Å²) >= 11 is 3.41. The van der Waals surface area contributed by atoms with Crippen molar-refractivity contribution in [1.29, 1.82) is 0 Å². The van der Waals surface area contributed by atoms with Crippen LogP contribution in [0.2, 0.25) is 0 Å². The van der Waals surface area contributed by atoms with Gasteiger partial charge < -0.3 is 15.0 Å². The van der Waals surface area contributed by atoms with Crippen molar-refractivity contribution in [2.45, 2.75) is 13.0 Å². The summed E-state index contributed by atoms with van der Waals surface area (Å²) in [6.45, 7) is -2.62. The maximum atomic E-state index is 12.4. The molecular weight excluding hydrogens is 410 g/mol. The number of alkyl halides is 2. The van der Waals surface area contributed by atoms with Crippen molar-refractivity contribution in [3.05, 3.63) is 53.0 Å². The van der Waals surface area contributed by atoms with Crippen molar-refractivity contribution in [1.82, 2.24) is 0 Å². The molecule has 0 aromatic heterocycles. The van der Waals surface area contributed by atoms with Crippen molar-refractivity contribution in [2.75, 3.05) is 16.8 Å². The Morgan fingerprint density at radius 2 is 1.88 bits per heavy atom. The van der Waals surface area contributed by atoms with E-state index >= 15 is 0 Å². The summed E-state index contributed by atoms with van der Waals surface area (Å²) in [7, 11) is 0. The van der Waals surface area contributed by atoms with Crippen LogP contribution in [0.5, 0.6) is 5.75 Å². The van der Waals surface area contributed by atoms with Crippen LogP contribution in [0.3, 0.4) is 0 Å². The fourth-order valence-electron chi connectivity index (χ4n) is 2.75. The zero-order valence-corrected chi connectivity index (χ0v) is 15.1. The van der Waals surface area contributed by atoms with Gasteiger partial charge in [0.05, 0.1) is 11.6 Å². The van der Waals surface area contributed by atoms with E-state index in [1.165, 1.54) is 24.3 Å². The van der Waals surface area contributed by atoms with Gasteiger partial charge in [-0.3, -0.25) is 9.59 Å². The highest BCUT2D eigenvalue weighted by molar-refractivity contribution is 9.10. The Balaban J connectivity index is 1.64. The highest BCUT2D eigenvalue weighted by Crippen LogP contribution is 2.31. The molecule has 0 bridgehead atoms. The number of benzene rings is 2. The summed E-state index contributed by atoms with van der Waals surface area (Å²) in [6.07, 6.45) is 0.111. The van der Waals surface area contributed by atoms with E-state index in [0.717, 1.165) is 10.2 Å². The van der Waals surface area contributed by atoms with Crippen molar-refractivity contribution in [3.8, 4) is 5.75 Å². The fraction of sp³-hybridized carbons (Fsp3) is 0.222.